The highest BCUT2D eigenvalue weighted by molar-refractivity contribution is 7.98. The first-order chi connectivity index (χ1) is 14.5. The van der Waals surface area contributed by atoms with Crippen molar-refractivity contribution in [3.05, 3.63) is 81.8 Å². The summed E-state index contributed by atoms with van der Waals surface area (Å²) in [6, 6.07) is 13.0. The van der Waals surface area contributed by atoms with Crippen LogP contribution in [0, 0.1) is 5.82 Å². The molecule has 0 spiro atoms. The number of allylic oxidation sites excluding steroid dienone is 1. The highest BCUT2D eigenvalue weighted by Gasteiger charge is 2.35. The Kier molecular flexibility index (Phi) is 5.78. The third-order valence-corrected chi connectivity index (χ3v) is 5.99. The largest absolute Gasteiger partial charge is 0.466 e. The van der Waals surface area contributed by atoms with Crippen LogP contribution >= 0.6 is 23.4 Å². The summed E-state index contributed by atoms with van der Waals surface area (Å²) >= 11 is 7.67. The minimum absolute atomic E-state index is 0.359. The Bertz CT molecular complexity index is 1130. The number of methoxy groups -OCH3 is 1. The fourth-order valence-electron chi connectivity index (χ4n) is 3.28. The summed E-state index contributed by atoms with van der Waals surface area (Å²) in [5.74, 6) is 0.250. The van der Waals surface area contributed by atoms with E-state index in [0.717, 1.165) is 5.56 Å². The second kappa shape index (κ2) is 8.49. The van der Waals surface area contributed by atoms with Crippen molar-refractivity contribution in [2.24, 2.45) is 0 Å². The lowest BCUT2D eigenvalue weighted by molar-refractivity contribution is -0.136. The molecule has 1 aliphatic heterocycles. The van der Waals surface area contributed by atoms with Gasteiger partial charge in [-0.25, -0.2) is 13.9 Å². The fraction of sp³-hybridized carbons (Fsp3) is 0.190. The third-order valence-electron chi connectivity index (χ3n) is 4.74. The molecule has 6 nitrogen and oxygen atoms in total. The molecule has 0 aliphatic carbocycles. The van der Waals surface area contributed by atoms with Crippen molar-refractivity contribution in [2.45, 2.75) is 23.9 Å². The highest BCUT2D eigenvalue weighted by Crippen LogP contribution is 2.37. The molecule has 1 aliphatic rings. The Morgan fingerprint density at radius 2 is 2.00 bits per heavy atom. The molecule has 0 amide bonds. The normalized spacial score (nSPS) is 15.5. The van der Waals surface area contributed by atoms with Gasteiger partial charge in [0, 0.05) is 16.5 Å². The first kappa shape index (κ1) is 20.4. The molecule has 0 fully saturated rings. The molecule has 2 aromatic carbocycles. The quantitative estimate of drug-likeness (QED) is 0.449. The van der Waals surface area contributed by atoms with Gasteiger partial charge in [0.1, 0.15) is 11.9 Å². The zero-order valence-corrected chi connectivity index (χ0v) is 17.8. The molecule has 9 heteroatoms. The Balaban J connectivity index is 1.70. The lowest BCUT2D eigenvalue weighted by atomic mass is 9.96. The van der Waals surface area contributed by atoms with E-state index >= 15 is 0 Å². The average Bonchev–Trinajstić information content (AvgIpc) is 3.14. The standard InChI is InChI=1S/C21H18ClFN4O2S/c1-12-17(19(28)29-2)18(13-7-9-15(23)10-8-13)27-20(24-12)25-21(26-27)30-11-14-5-3-4-6-16(14)22/h3-10,18H,11H2,1-2H3,(H,24,25,26). The number of carbonyl (C=O) groups excluding carboxylic acids is 1. The summed E-state index contributed by atoms with van der Waals surface area (Å²) in [7, 11) is 1.33. The molecule has 1 aromatic heterocycles. The third kappa shape index (κ3) is 3.93. The van der Waals surface area contributed by atoms with Crippen LogP contribution in [0.1, 0.15) is 24.1 Å². The van der Waals surface area contributed by atoms with Crippen LogP contribution in [0.15, 0.2) is 65.0 Å². The van der Waals surface area contributed by atoms with E-state index in [1.807, 2.05) is 24.3 Å². The maximum absolute atomic E-state index is 13.5. The van der Waals surface area contributed by atoms with Crippen LogP contribution in [-0.4, -0.2) is 27.8 Å². The number of esters is 1. The number of aromatic nitrogens is 3. The van der Waals surface area contributed by atoms with Crippen molar-refractivity contribution < 1.29 is 13.9 Å². The fourth-order valence-corrected chi connectivity index (χ4v) is 4.39. The maximum atomic E-state index is 13.5. The smallest absolute Gasteiger partial charge is 0.338 e. The molecule has 3 aromatic rings. The van der Waals surface area contributed by atoms with Crippen LogP contribution in [0.25, 0.3) is 0 Å². The Labute approximate surface area is 182 Å². The van der Waals surface area contributed by atoms with Crippen LogP contribution in [0.4, 0.5) is 10.3 Å². The molecule has 30 heavy (non-hydrogen) atoms. The van der Waals surface area contributed by atoms with E-state index in [-0.39, 0.29) is 5.82 Å². The van der Waals surface area contributed by atoms with Crippen molar-refractivity contribution >= 4 is 35.3 Å². The Morgan fingerprint density at radius 1 is 1.27 bits per heavy atom. The molecule has 4 rings (SSSR count). The first-order valence-electron chi connectivity index (χ1n) is 9.12. The second-order valence-electron chi connectivity index (χ2n) is 6.65. The molecule has 2 heterocycles. The van der Waals surface area contributed by atoms with Gasteiger partial charge in [0.25, 0.3) is 0 Å². The molecule has 1 N–H and O–H groups in total. The number of benzene rings is 2. The van der Waals surface area contributed by atoms with Gasteiger partial charge in [-0.2, -0.15) is 4.98 Å². The summed E-state index contributed by atoms with van der Waals surface area (Å²) in [5, 5.41) is 8.94. The van der Waals surface area contributed by atoms with Crippen molar-refractivity contribution in [3.63, 3.8) is 0 Å². The Hall–Kier alpha value is -2.84. The number of fused-ring (bicyclic) bond motifs is 1. The zero-order valence-electron chi connectivity index (χ0n) is 16.2. The minimum atomic E-state index is -0.587. The van der Waals surface area contributed by atoms with Crippen molar-refractivity contribution in [1.82, 2.24) is 14.8 Å². The van der Waals surface area contributed by atoms with Crippen LogP contribution in [0.2, 0.25) is 5.02 Å². The van der Waals surface area contributed by atoms with Gasteiger partial charge in [0.15, 0.2) is 0 Å². The van der Waals surface area contributed by atoms with E-state index in [1.165, 1.54) is 31.0 Å². The molecule has 154 valence electrons. The number of ether oxygens (including phenoxy) is 1. The first-order valence-corrected chi connectivity index (χ1v) is 10.5. The number of thioether (sulfide) groups is 1. The monoisotopic (exact) mass is 444 g/mol. The molecular formula is C21H18ClFN4O2S. The van der Waals surface area contributed by atoms with Crippen molar-refractivity contribution in [1.29, 1.82) is 0 Å². The summed E-state index contributed by atoms with van der Waals surface area (Å²) < 4.78 is 20.1. The van der Waals surface area contributed by atoms with Crippen LogP contribution in [0.3, 0.4) is 0 Å². The van der Waals surface area contributed by atoms with Crippen molar-refractivity contribution in [2.75, 3.05) is 12.4 Å². The van der Waals surface area contributed by atoms with E-state index in [4.69, 9.17) is 16.3 Å². The number of rotatable bonds is 5. The van der Waals surface area contributed by atoms with Gasteiger partial charge in [-0.1, -0.05) is 53.7 Å². The molecule has 0 saturated heterocycles. The molecular weight excluding hydrogens is 427 g/mol. The molecule has 0 saturated carbocycles. The van der Waals surface area contributed by atoms with Gasteiger partial charge in [-0.15, -0.1) is 5.10 Å². The van der Waals surface area contributed by atoms with Gasteiger partial charge >= 0.3 is 5.97 Å². The second-order valence-corrected chi connectivity index (χ2v) is 8.00. The van der Waals surface area contributed by atoms with Gasteiger partial charge in [-0.05, 0) is 36.2 Å². The molecule has 0 bridgehead atoms. The summed E-state index contributed by atoms with van der Waals surface area (Å²) in [6.45, 7) is 1.78. The number of hydrogen-bond acceptors (Lipinski definition) is 6. The zero-order chi connectivity index (χ0) is 21.3. The number of carbonyl (C=O) groups is 1. The predicted octanol–water partition coefficient (Wildman–Crippen LogP) is 4.82. The summed E-state index contributed by atoms with van der Waals surface area (Å²) in [5.41, 5.74) is 2.68. The number of hydrogen-bond donors (Lipinski definition) is 1. The predicted molar refractivity (Wildman–Crippen MR) is 114 cm³/mol. The summed E-state index contributed by atoms with van der Waals surface area (Å²) in [6.07, 6.45) is 0. The van der Waals surface area contributed by atoms with E-state index in [2.05, 4.69) is 15.4 Å². The van der Waals surface area contributed by atoms with Gasteiger partial charge in [-0.3, -0.25) is 0 Å². The minimum Gasteiger partial charge on any atom is -0.466 e. The molecule has 0 radical (unpaired) electrons. The molecule has 1 unspecified atom stereocenters. The maximum Gasteiger partial charge on any atom is 0.338 e. The van der Waals surface area contributed by atoms with E-state index in [1.54, 1.807) is 23.7 Å². The number of anilines is 1. The van der Waals surface area contributed by atoms with Gasteiger partial charge < -0.3 is 10.1 Å². The SMILES string of the molecule is COC(=O)C1=C(C)Nc2nc(SCc3ccccc3Cl)nn2C1c1ccc(F)cc1. The van der Waals surface area contributed by atoms with Crippen LogP contribution in [-0.2, 0) is 15.3 Å². The van der Waals surface area contributed by atoms with E-state index in [9.17, 15) is 9.18 Å². The van der Waals surface area contributed by atoms with E-state index in [0.29, 0.717) is 38.7 Å². The lowest BCUT2D eigenvalue weighted by Crippen LogP contribution is -2.29. The van der Waals surface area contributed by atoms with Crippen molar-refractivity contribution in [3.8, 4) is 0 Å². The Morgan fingerprint density at radius 3 is 2.70 bits per heavy atom. The molecule has 1 atom stereocenters. The van der Waals surface area contributed by atoms with Gasteiger partial charge in [0.2, 0.25) is 11.1 Å². The summed E-state index contributed by atoms with van der Waals surface area (Å²) in [4.78, 5) is 17.1. The number of nitrogens with one attached hydrogen (secondary N) is 1. The average molecular weight is 445 g/mol. The van der Waals surface area contributed by atoms with E-state index < -0.39 is 12.0 Å². The highest BCUT2D eigenvalue weighted by atomic mass is 35.5. The number of halogens is 2. The van der Waals surface area contributed by atoms with Crippen LogP contribution in [0.5, 0.6) is 0 Å². The topological polar surface area (TPSA) is 69.0 Å². The lowest BCUT2D eigenvalue weighted by Gasteiger charge is -2.27. The number of nitrogens with zero attached hydrogens (tertiary/aromatic N) is 3. The van der Waals surface area contributed by atoms with Gasteiger partial charge in [0.05, 0.1) is 12.7 Å². The van der Waals surface area contributed by atoms with Crippen LogP contribution < -0.4 is 5.32 Å².